The molecule has 0 aromatic heterocycles. The van der Waals surface area contributed by atoms with Crippen LogP contribution in [0.15, 0.2) is 36.4 Å². The number of methoxy groups -OCH3 is 3. The Kier molecular flexibility index (Phi) is 6.56. The van der Waals surface area contributed by atoms with Crippen LogP contribution in [0.2, 0.25) is 5.02 Å². The van der Waals surface area contributed by atoms with Crippen LogP contribution in [0.25, 0.3) is 0 Å². The summed E-state index contributed by atoms with van der Waals surface area (Å²) in [6, 6.07) is 11.7. The number of halogens is 1. The van der Waals surface area contributed by atoms with Crippen molar-refractivity contribution < 1.29 is 14.2 Å². The summed E-state index contributed by atoms with van der Waals surface area (Å²) in [5.74, 6) is 2.31. The molecule has 0 fully saturated rings. The van der Waals surface area contributed by atoms with E-state index in [0.717, 1.165) is 36.6 Å². The molecule has 2 aromatic carbocycles. The summed E-state index contributed by atoms with van der Waals surface area (Å²) in [4.78, 5) is 0. The third-order valence-corrected chi connectivity index (χ3v) is 3.91. The second-order valence-electron chi connectivity index (χ2n) is 5.07. The largest absolute Gasteiger partial charge is 0.497 e. The fourth-order valence-corrected chi connectivity index (χ4v) is 2.55. The number of ether oxygens (including phenoxy) is 3. The zero-order valence-corrected chi connectivity index (χ0v) is 14.4. The highest BCUT2D eigenvalue weighted by Crippen LogP contribution is 2.32. The lowest BCUT2D eigenvalue weighted by Gasteiger charge is -2.12. The fraction of sp³-hybridized carbons (Fsp3) is 0.333. The van der Waals surface area contributed by atoms with E-state index in [2.05, 4.69) is 17.4 Å². The molecule has 23 heavy (non-hydrogen) atoms. The van der Waals surface area contributed by atoms with Gasteiger partial charge >= 0.3 is 0 Å². The van der Waals surface area contributed by atoms with Crippen LogP contribution in [0.1, 0.15) is 11.1 Å². The van der Waals surface area contributed by atoms with Gasteiger partial charge in [0.15, 0.2) is 0 Å². The Bertz CT molecular complexity index is 629. The summed E-state index contributed by atoms with van der Waals surface area (Å²) < 4.78 is 15.8. The molecule has 0 saturated heterocycles. The quantitative estimate of drug-likeness (QED) is 0.747. The Balaban J connectivity index is 1.90. The topological polar surface area (TPSA) is 39.7 Å². The molecule has 0 aliphatic carbocycles. The Morgan fingerprint density at radius 3 is 2.22 bits per heavy atom. The van der Waals surface area contributed by atoms with Gasteiger partial charge in [-0.05, 0) is 42.3 Å². The molecular formula is C18H22ClNO3. The van der Waals surface area contributed by atoms with Crippen molar-refractivity contribution in [3.63, 3.8) is 0 Å². The summed E-state index contributed by atoms with van der Waals surface area (Å²) in [7, 11) is 4.92. The summed E-state index contributed by atoms with van der Waals surface area (Å²) >= 11 is 6.12. The van der Waals surface area contributed by atoms with E-state index in [4.69, 9.17) is 25.8 Å². The molecule has 1 N–H and O–H groups in total. The number of hydrogen-bond acceptors (Lipinski definition) is 4. The average Bonchev–Trinajstić information content (AvgIpc) is 2.59. The van der Waals surface area contributed by atoms with E-state index in [-0.39, 0.29) is 0 Å². The van der Waals surface area contributed by atoms with E-state index >= 15 is 0 Å². The van der Waals surface area contributed by atoms with Gasteiger partial charge in [0, 0.05) is 12.6 Å². The van der Waals surface area contributed by atoms with Crippen LogP contribution in [-0.2, 0) is 13.0 Å². The van der Waals surface area contributed by atoms with Crippen LogP contribution in [0.3, 0.4) is 0 Å². The van der Waals surface area contributed by atoms with Gasteiger partial charge in [0.05, 0.1) is 26.4 Å². The molecule has 0 heterocycles. The van der Waals surface area contributed by atoms with Gasteiger partial charge in [-0.2, -0.15) is 0 Å². The number of hydrogen-bond donors (Lipinski definition) is 1. The maximum Gasteiger partial charge on any atom is 0.137 e. The molecule has 0 saturated carbocycles. The first-order valence-corrected chi connectivity index (χ1v) is 7.79. The van der Waals surface area contributed by atoms with Gasteiger partial charge in [-0.1, -0.05) is 23.7 Å². The minimum atomic E-state index is 0.555. The van der Waals surface area contributed by atoms with Gasteiger partial charge in [0.1, 0.15) is 17.2 Å². The predicted octanol–water partition coefficient (Wildman–Crippen LogP) is 3.70. The predicted molar refractivity (Wildman–Crippen MR) is 93.0 cm³/mol. The van der Waals surface area contributed by atoms with Crippen LogP contribution < -0.4 is 19.5 Å². The van der Waals surface area contributed by atoms with Crippen LogP contribution in [-0.4, -0.2) is 27.9 Å². The fourth-order valence-electron chi connectivity index (χ4n) is 2.32. The summed E-state index contributed by atoms with van der Waals surface area (Å²) in [5, 5.41) is 3.98. The van der Waals surface area contributed by atoms with E-state index in [1.54, 1.807) is 27.4 Å². The molecule has 0 radical (unpaired) electrons. The van der Waals surface area contributed by atoms with Crippen molar-refractivity contribution in [3.05, 3.63) is 52.5 Å². The van der Waals surface area contributed by atoms with E-state index in [1.165, 1.54) is 5.56 Å². The van der Waals surface area contributed by atoms with E-state index in [9.17, 15) is 0 Å². The van der Waals surface area contributed by atoms with Crippen molar-refractivity contribution in [1.82, 2.24) is 5.32 Å². The van der Waals surface area contributed by atoms with Gasteiger partial charge < -0.3 is 19.5 Å². The Morgan fingerprint density at radius 1 is 0.913 bits per heavy atom. The summed E-state index contributed by atoms with van der Waals surface area (Å²) in [6.45, 7) is 1.63. The van der Waals surface area contributed by atoms with E-state index in [0.29, 0.717) is 10.8 Å². The molecular weight excluding hydrogens is 314 g/mol. The molecule has 0 aliphatic rings. The average molecular weight is 336 g/mol. The summed E-state index contributed by atoms with van der Waals surface area (Å²) in [6.07, 6.45) is 0.826. The molecule has 2 aromatic rings. The normalized spacial score (nSPS) is 10.4. The zero-order valence-electron chi connectivity index (χ0n) is 13.7. The van der Waals surface area contributed by atoms with Gasteiger partial charge in [-0.15, -0.1) is 0 Å². The van der Waals surface area contributed by atoms with Crippen molar-refractivity contribution in [2.24, 2.45) is 0 Å². The lowest BCUT2D eigenvalue weighted by Crippen LogP contribution is -2.17. The van der Waals surface area contributed by atoms with Crippen LogP contribution in [0.5, 0.6) is 17.2 Å². The van der Waals surface area contributed by atoms with Gasteiger partial charge in [-0.25, -0.2) is 0 Å². The Morgan fingerprint density at radius 2 is 1.61 bits per heavy atom. The molecule has 2 rings (SSSR count). The van der Waals surface area contributed by atoms with Crippen molar-refractivity contribution in [2.45, 2.75) is 13.0 Å². The van der Waals surface area contributed by atoms with Gasteiger partial charge in [-0.3, -0.25) is 0 Å². The number of rotatable bonds is 8. The van der Waals surface area contributed by atoms with Crippen LogP contribution in [0.4, 0.5) is 0 Å². The molecule has 0 unspecified atom stereocenters. The van der Waals surface area contributed by atoms with Crippen molar-refractivity contribution in [1.29, 1.82) is 0 Å². The standard InChI is InChI=1S/C18H22ClNO3/c1-21-15-6-4-13(5-7-15)12-20-9-8-14-10-18(23-3)16(19)11-17(14)22-2/h4-7,10-11,20H,8-9,12H2,1-3H3. The smallest absolute Gasteiger partial charge is 0.137 e. The molecule has 0 amide bonds. The maximum absolute atomic E-state index is 6.12. The summed E-state index contributed by atoms with van der Waals surface area (Å²) in [5.41, 5.74) is 2.28. The minimum absolute atomic E-state index is 0.555. The maximum atomic E-state index is 6.12. The van der Waals surface area contributed by atoms with Crippen molar-refractivity contribution in [2.75, 3.05) is 27.9 Å². The monoisotopic (exact) mass is 335 g/mol. The minimum Gasteiger partial charge on any atom is -0.497 e. The first kappa shape index (κ1) is 17.4. The first-order chi connectivity index (χ1) is 11.2. The van der Waals surface area contributed by atoms with Crippen molar-refractivity contribution >= 4 is 11.6 Å². The number of benzene rings is 2. The highest BCUT2D eigenvalue weighted by molar-refractivity contribution is 6.32. The SMILES string of the molecule is COc1ccc(CNCCc2cc(OC)c(Cl)cc2OC)cc1. The van der Waals surface area contributed by atoms with E-state index in [1.807, 2.05) is 18.2 Å². The highest BCUT2D eigenvalue weighted by Gasteiger charge is 2.09. The number of nitrogens with one attached hydrogen (secondary N) is 1. The highest BCUT2D eigenvalue weighted by atomic mass is 35.5. The lowest BCUT2D eigenvalue weighted by atomic mass is 10.1. The third kappa shape index (κ3) is 4.78. The molecule has 124 valence electrons. The second-order valence-corrected chi connectivity index (χ2v) is 5.48. The first-order valence-electron chi connectivity index (χ1n) is 7.42. The Hall–Kier alpha value is -1.91. The van der Waals surface area contributed by atoms with Crippen LogP contribution in [0, 0.1) is 0 Å². The molecule has 5 heteroatoms. The van der Waals surface area contributed by atoms with Gasteiger partial charge in [0.25, 0.3) is 0 Å². The zero-order chi connectivity index (χ0) is 16.7. The van der Waals surface area contributed by atoms with E-state index < -0.39 is 0 Å². The Labute approximate surface area is 142 Å². The molecule has 0 atom stereocenters. The second kappa shape index (κ2) is 8.65. The molecule has 0 aliphatic heterocycles. The molecule has 0 bridgehead atoms. The van der Waals surface area contributed by atoms with Crippen LogP contribution >= 0.6 is 11.6 Å². The lowest BCUT2D eigenvalue weighted by molar-refractivity contribution is 0.398. The molecule has 0 spiro atoms. The molecule has 4 nitrogen and oxygen atoms in total. The third-order valence-electron chi connectivity index (χ3n) is 3.61. The van der Waals surface area contributed by atoms with Gasteiger partial charge in [0.2, 0.25) is 0 Å². The van der Waals surface area contributed by atoms with Crippen molar-refractivity contribution in [3.8, 4) is 17.2 Å².